The lowest BCUT2D eigenvalue weighted by molar-refractivity contribution is 0.198. The lowest BCUT2D eigenvalue weighted by Crippen LogP contribution is -2.25. The third-order valence-electron chi connectivity index (χ3n) is 4.93. The van der Waals surface area contributed by atoms with E-state index in [-0.39, 0.29) is 0 Å². The van der Waals surface area contributed by atoms with Crippen LogP contribution in [0.25, 0.3) is 11.0 Å². The second-order valence-electron chi connectivity index (χ2n) is 7.34. The van der Waals surface area contributed by atoms with Gasteiger partial charge in [-0.05, 0) is 67.4 Å². The van der Waals surface area contributed by atoms with Crippen molar-refractivity contribution in [1.82, 2.24) is 9.55 Å². The molecule has 0 atom stereocenters. The molecule has 0 saturated heterocycles. The van der Waals surface area contributed by atoms with Crippen molar-refractivity contribution in [3.05, 3.63) is 28.5 Å². The van der Waals surface area contributed by atoms with Crippen molar-refractivity contribution < 1.29 is 0 Å². The zero-order chi connectivity index (χ0) is 15.0. The van der Waals surface area contributed by atoms with E-state index < -0.39 is 0 Å². The van der Waals surface area contributed by atoms with E-state index in [4.69, 9.17) is 12.2 Å². The number of rotatable bonds is 4. The van der Waals surface area contributed by atoms with E-state index >= 15 is 0 Å². The molecule has 1 aliphatic carbocycles. The Balaban J connectivity index is 2.01. The molecule has 0 unspecified atom stereocenters. The molecule has 1 heterocycles. The number of imidazole rings is 1. The summed E-state index contributed by atoms with van der Waals surface area (Å²) in [5, 5.41) is 0. The molecule has 0 bridgehead atoms. The van der Waals surface area contributed by atoms with Crippen LogP contribution < -0.4 is 0 Å². The summed E-state index contributed by atoms with van der Waals surface area (Å²) in [6.07, 6.45) is 6.77. The summed E-state index contributed by atoms with van der Waals surface area (Å²) in [6.45, 7) is 7.92. The number of H-pyrrole nitrogens is 1. The van der Waals surface area contributed by atoms with E-state index in [2.05, 4.69) is 48.5 Å². The predicted octanol–water partition coefficient (Wildman–Crippen LogP) is 5.61. The van der Waals surface area contributed by atoms with Crippen molar-refractivity contribution in [2.75, 3.05) is 0 Å². The molecule has 0 radical (unpaired) electrons. The molecule has 3 rings (SSSR count). The zero-order valence-electron chi connectivity index (χ0n) is 13.4. The summed E-state index contributed by atoms with van der Waals surface area (Å²) in [7, 11) is 0. The van der Waals surface area contributed by atoms with Crippen LogP contribution in [-0.4, -0.2) is 9.55 Å². The van der Waals surface area contributed by atoms with Crippen LogP contribution in [0, 0.1) is 23.0 Å². The van der Waals surface area contributed by atoms with Gasteiger partial charge in [-0.2, -0.15) is 0 Å². The monoisotopic (exact) mass is 302 g/mol. The number of nitrogens with one attached hydrogen (secondary N) is 1. The van der Waals surface area contributed by atoms with Gasteiger partial charge < -0.3 is 9.55 Å². The minimum atomic E-state index is 0.450. The predicted molar refractivity (Wildman–Crippen MR) is 92.2 cm³/mol. The van der Waals surface area contributed by atoms with Gasteiger partial charge in [-0.1, -0.05) is 32.8 Å². The number of benzene rings is 1. The van der Waals surface area contributed by atoms with Crippen LogP contribution >= 0.6 is 12.2 Å². The average molecular weight is 302 g/mol. The van der Waals surface area contributed by atoms with Crippen LogP contribution in [-0.2, 0) is 6.54 Å². The molecule has 1 fully saturated rings. The molecule has 0 amide bonds. The first kappa shape index (κ1) is 14.8. The Hall–Kier alpha value is -1.09. The van der Waals surface area contributed by atoms with Gasteiger partial charge in [0.05, 0.1) is 11.0 Å². The summed E-state index contributed by atoms with van der Waals surface area (Å²) in [5.41, 5.74) is 4.19. The van der Waals surface area contributed by atoms with Gasteiger partial charge in [0.15, 0.2) is 4.77 Å². The highest BCUT2D eigenvalue weighted by atomic mass is 32.1. The summed E-state index contributed by atoms with van der Waals surface area (Å²) >= 11 is 5.60. The van der Waals surface area contributed by atoms with Gasteiger partial charge in [-0.3, -0.25) is 0 Å². The minimum Gasteiger partial charge on any atom is -0.331 e. The lowest BCUT2D eigenvalue weighted by Gasteiger charge is -2.31. The van der Waals surface area contributed by atoms with E-state index in [1.807, 2.05) is 0 Å². The highest BCUT2D eigenvalue weighted by molar-refractivity contribution is 7.71. The van der Waals surface area contributed by atoms with E-state index in [1.54, 1.807) is 0 Å². The standard InChI is InChI=1S/C18H26N2S/c1-13(2)11-18(8-4-5-9-18)12-20-16-10-14(3)6-7-15(16)19-17(20)21/h6-7,10,13H,4-5,8-9,11-12H2,1-3H3,(H,19,21). The lowest BCUT2D eigenvalue weighted by atomic mass is 9.78. The Bertz CT molecular complexity index is 687. The smallest absolute Gasteiger partial charge is 0.178 e. The van der Waals surface area contributed by atoms with Gasteiger partial charge in [0, 0.05) is 6.54 Å². The van der Waals surface area contributed by atoms with Crippen molar-refractivity contribution >= 4 is 23.3 Å². The van der Waals surface area contributed by atoms with Crippen LogP contribution in [0.1, 0.15) is 51.5 Å². The third-order valence-corrected chi connectivity index (χ3v) is 5.25. The van der Waals surface area contributed by atoms with Gasteiger partial charge in [0.25, 0.3) is 0 Å². The quantitative estimate of drug-likeness (QED) is 0.728. The van der Waals surface area contributed by atoms with Gasteiger partial charge in [-0.25, -0.2) is 0 Å². The normalized spacial score (nSPS) is 17.9. The Labute approximate surface area is 132 Å². The molecule has 1 aromatic carbocycles. The Kier molecular flexibility index (Phi) is 3.96. The Morgan fingerprint density at radius 3 is 2.67 bits per heavy atom. The molecule has 21 heavy (non-hydrogen) atoms. The highest BCUT2D eigenvalue weighted by Gasteiger charge is 2.35. The van der Waals surface area contributed by atoms with Crippen molar-refractivity contribution in [2.45, 2.75) is 59.4 Å². The fourth-order valence-corrected chi connectivity index (χ4v) is 4.45. The van der Waals surface area contributed by atoms with Gasteiger partial charge in [-0.15, -0.1) is 0 Å². The third kappa shape index (κ3) is 2.94. The molecule has 2 nitrogen and oxygen atoms in total. The second-order valence-corrected chi connectivity index (χ2v) is 7.73. The maximum absolute atomic E-state index is 5.60. The summed E-state index contributed by atoms with van der Waals surface area (Å²) in [6, 6.07) is 6.57. The topological polar surface area (TPSA) is 20.7 Å². The first-order chi connectivity index (χ1) is 9.99. The summed E-state index contributed by atoms with van der Waals surface area (Å²) < 4.78 is 3.23. The summed E-state index contributed by atoms with van der Waals surface area (Å²) in [5.74, 6) is 0.754. The number of nitrogens with zero attached hydrogens (tertiary/aromatic N) is 1. The number of aromatic amines is 1. The van der Waals surface area contributed by atoms with E-state index in [9.17, 15) is 0 Å². The van der Waals surface area contributed by atoms with E-state index in [0.717, 1.165) is 17.2 Å². The second kappa shape index (κ2) is 5.60. The molecular weight excluding hydrogens is 276 g/mol. The number of hydrogen-bond acceptors (Lipinski definition) is 1. The maximum Gasteiger partial charge on any atom is 0.178 e. The average Bonchev–Trinajstić information content (AvgIpc) is 2.96. The molecule has 1 aliphatic rings. The zero-order valence-corrected chi connectivity index (χ0v) is 14.2. The minimum absolute atomic E-state index is 0.450. The molecular formula is C18H26N2S. The van der Waals surface area contributed by atoms with Gasteiger partial charge in [0.1, 0.15) is 0 Å². The van der Waals surface area contributed by atoms with Crippen molar-refractivity contribution in [1.29, 1.82) is 0 Å². The van der Waals surface area contributed by atoms with E-state index in [0.29, 0.717) is 5.41 Å². The Morgan fingerprint density at radius 1 is 1.29 bits per heavy atom. The number of aryl methyl sites for hydroxylation is 1. The fourth-order valence-electron chi connectivity index (χ4n) is 4.17. The molecule has 1 N–H and O–H groups in total. The van der Waals surface area contributed by atoms with Crippen LogP contribution in [0.2, 0.25) is 0 Å². The number of fused-ring (bicyclic) bond motifs is 1. The van der Waals surface area contributed by atoms with Crippen LogP contribution in [0.4, 0.5) is 0 Å². The van der Waals surface area contributed by atoms with Crippen LogP contribution in [0.5, 0.6) is 0 Å². The summed E-state index contributed by atoms with van der Waals surface area (Å²) in [4.78, 5) is 3.38. The van der Waals surface area contributed by atoms with E-state index in [1.165, 1.54) is 48.7 Å². The molecule has 1 aromatic heterocycles. The Morgan fingerprint density at radius 2 is 2.00 bits per heavy atom. The molecule has 114 valence electrons. The largest absolute Gasteiger partial charge is 0.331 e. The molecule has 0 spiro atoms. The molecule has 2 aromatic rings. The van der Waals surface area contributed by atoms with Crippen molar-refractivity contribution in [3.8, 4) is 0 Å². The van der Waals surface area contributed by atoms with Crippen molar-refractivity contribution in [2.24, 2.45) is 11.3 Å². The first-order valence-corrected chi connectivity index (χ1v) is 8.59. The van der Waals surface area contributed by atoms with Crippen LogP contribution in [0.3, 0.4) is 0 Å². The number of aromatic nitrogens is 2. The fraction of sp³-hybridized carbons (Fsp3) is 0.611. The molecule has 1 saturated carbocycles. The molecule has 3 heteroatoms. The maximum atomic E-state index is 5.60. The van der Waals surface area contributed by atoms with Crippen LogP contribution in [0.15, 0.2) is 18.2 Å². The first-order valence-electron chi connectivity index (χ1n) is 8.18. The number of hydrogen-bond donors (Lipinski definition) is 1. The SMILES string of the molecule is Cc1ccc2[nH]c(=S)n(CC3(CC(C)C)CCCC3)c2c1. The van der Waals surface area contributed by atoms with Crippen molar-refractivity contribution in [3.63, 3.8) is 0 Å². The highest BCUT2D eigenvalue weighted by Crippen LogP contribution is 2.45. The van der Waals surface area contributed by atoms with Gasteiger partial charge in [0.2, 0.25) is 0 Å². The molecule has 0 aliphatic heterocycles. The van der Waals surface area contributed by atoms with Gasteiger partial charge >= 0.3 is 0 Å².